The van der Waals surface area contributed by atoms with Gasteiger partial charge in [-0.25, -0.2) is 0 Å². The predicted octanol–water partition coefficient (Wildman–Crippen LogP) is 2.60. The highest BCUT2D eigenvalue weighted by Gasteiger charge is 2.27. The summed E-state index contributed by atoms with van der Waals surface area (Å²) in [6, 6.07) is 10.7. The van der Waals surface area contributed by atoms with Crippen LogP contribution in [0.25, 0.3) is 0 Å². The predicted molar refractivity (Wildman–Crippen MR) is 82.3 cm³/mol. The molecule has 0 unspecified atom stereocenters. The summed E-state index contributed by atoms with van der Waals surface area (Å²) in [6.45, 7) is 3.69. The van der Waals surface area contributed by atoms with Crippen LogP contribution in [0.5, 0.6) is 0 Å². The summed E-state index contributed by atoms with van der Waals surface area (Å²) < 4.78 is 0. The first kappa shape index (κ1) is 15.0. The number of benzene rings is 1. The van der Waals surface area contributed by atoms with Crippen molar-refractivity contribution in [3.05, 3.63) is 35.9 Å². The Morgan fingerprint density at radius 2 is 1.85 bits per heavy atom. The van der Waals surface area contributed by atoms with E-state index in [1.54, 1.807) is 0 Å². The Morgan fingerprint density at radius 1 is 1.20 bits per heavy atom. The van der Waals surface area contributed by atoms with Crippen LogP contribution >= 0.6 is 0 Å². The van der Waals surface area contributed by atoms with E-state index in [0.29, 0.717) is 11.9 Å². The molecule has 1 aromatic rings. The van der Waals surface area contributed by atoms with Crippen LogP contribution in [-0.2, 0) is 11.2 Å². The van der Waals surface area contributed by atoms with Crippen LogP contribution in [0.1, 0.15) is 38.2 Å². The van der Waals surface area contributed by atoms with E-state index >= 15 is 0 Å². The van der Waals surface area contributed by atoms with Crippen molar-refractivity contribution in [3.63, 3.8) is 0 Å². The van der Waals surface area contributed by atoms with Gasteiger partial charge in [-0.05, 0) is 44.6 Å². The van der Waals surface area contributed by atoms with Gasteiger partial charge in [0, 0.05) is 25.0 Å². The molecule has 0 saturated heterocycles. The van der Waals surface area contributed by atoms with Gasteiger partial charge in [0.25, 0.3) is 0 Å². The van der Waals surface area contributed by atoms with Crippen LogP contribution in [0.4, 0.5) is 0 Å². The highest BCUT2D eigenvalue weighted by Crippen LogP contribution is 2.25. The second kappa shape index (κ2) is 7.44. The van der Waals surface area contributed by atoms with Crippen LogP contribution in [0.2, 0.25) is 0 Å². The van der Waals surface area contributed by atoms with E-state index < -0.39 is 0 Å². The Bertz CT molecular complexity index is 410. The van der Waals surface area contributed by atoms with Crippen molar-refractivity contribution >= 4 is 5.91 Å². The fourth-order valence-corrected chi connectivity index (χ4v) is 2.96. The molecule has 2 rings (SSSR count). The fourth-order valence-electron chi connectivity index (χ4n) is 2.96. The molecular weight excluding hydrogens is 248 g/mol. The summed E-state index contributed by atoms with van der Waals surface area (Å²) in [5.41, 5.74) is 7.21. The number of amides is 1. The Balaban J connectivity index is 1.86. The zero-order valence-electron chi connectivity index (χ0n) is 12.4. The maximum atomic E-state index is 12.5. The molecule has 1 fully saturated rings. The van der Waals surface area contributed by atoms with Gasteiger partial charge in [0.2, 0.25) is 5.91 Å². The highest BCUT2D eigenvalue weighted by atomic mass is 16.2. The standard InChI is InChI=1S/C17H26N2O/c1-2-19(13-12-14-6-4-3-5-7-14)17(20)15-8-10-16(18)11-9-15/h3-7,15-16H,2,8-13,18H2,1H3. The van der Waals surface area contributed by atoms with E-state index in [1.165, 1.54) is 5.56 Å². The second-order valence-corrected chi connectivity index (χ2v) is 5.77. The van der Waals surface area contributed by atoms with Gasteiger partial charge in [0.05, 0.1) is 0 Å². The Kier molecular flexibility index (Phi) is 5.60. The van der Waals surface area contributed by atoms with Crippen molar-refractivity contribution in [1.82, 2.24) is 4.90 Å². The lowest BCUT2D eigenvalue weighted by molar-refractivity contribution is -0.136. The molecule has 2 N–H and O–H groups in total. The van der Waals surface area contributed by atoms with E-state index in [-0.39, 0.29) is 5.92 Å². The number of nitrogens with two attached hydrogens (primary N) is 1. The number of carbonyl (C=O) groups is 1. The van der Waals surface area contributed by atoms with Crippen LogP contribution in [0.15, 0.2) is 30.3 Å². The zero-order chi connectivity index (χ0) is 14.4. The molecule has 1 aromatic carbocycles. The molecule has 0 atom stereocenters. The third kappa shape index (κ3) is 4.07. The number of nitrogens with zero attached hydrogens (tertiary/aromatic N) is 1. The first-order valence-electron chi connectivity index (χ1n) is 7.79. The minimum absolute atomic E-state index is 0.200. The van der Waals surface area contributed by atoms with E-state index in [1.807, 2.05) is 11.0 Å². The summed E-state index contributed by atoms with van der Waals surface area (Å²) in [5.74, 6) is 0.529. The van der Waals surface area contributed by atoms with Crippen molar-refractivity contribution in [2.75, 3.05) is 13.1 Å². The molecule has 1 amide bonds. The largest absolute Gasteiger partial charge is 0.342 e. The lowest BCUT2D eigenvalue weighted by Crippen LogP contribution is -2.40. The number of likely N-dealkylation sites (N-methyl/N-ethyl adjacent to an activating group) is 1. The van der Waals surface area contributed by atoms with Crippen molar-refractivity contribution in [1.29, 1.82) is 0 Å². The topological polar surface area (TPSA) is 46.3 Å². The summed E-state index contributed by atoms with van der Waals surface area (Å²) in [5, 5.41) is 0. The average Bonchev–Trinajstić information content (AvgIpc) is 2.49. The summed E-state index contributed by atoms with van der Waals surface area (Å²) in [6.07, 6.45) is 4.84. The second-order valence-electron chi connectivity index (χ2n) is 5.77. The van der Waals surface area contributed by atoms with E-state index in [2.05, 4.69) is 31.2 Å². The number of rotatable bonds is 5. The van der Waals surface area contributed by atoms with E-state index in [0.717, 1.165) is 45.2 Å². The molecular formula is C17H26N2O. The molecule has 3 nitrogen and oxygen atoms in total. The molecule has 0 bridgehead atoms. The van der Waals surface area contributed by atoms with Crippen LogP contribution in [-0.4, -0.2) is 29.9 Å². The minimum atomic E-state index is 0.200. The zero-order valence-corrected chi connectivity index (χ0v) is 12.4. The van der Waals surface area contributed by atoms with Crippen molar-refractivity contribution in [2.24, 2.45) is 11.7 Å². The summed E-state index contributed by atoms with van der Waals surface area (Å²) >= 11 is 0. The van der Waals surface area contributed by atoms with Crippen molar-refractivity contribution in [2.45, 2.75) is 45.1 Å². The smallest absolute Gasteiger partial charge is 0.225 e. The molecule has 1 aliphatic carbocycles. The van der Waals surface area contributed by atoms with Crippen LogP contribution in [0.3, 0.4) is 0 Å². The maximum Gasteiger partial charge on any atom is 0.225 e. The van der Waals surface area contributed by atoms with Gasteiger partial charge in [-0.3, -0.25) is 4.79 Å². The maximum absolute atomic E-state index is 12.5. The molecule has 20 heavy (non-hydrogen) atoms. The van der Waals surface area contributed by atoms with Crippen molar-refractivity contribution in [3.8, 4) is 0 Å². The molecule has 110 valence electrons. The Hall–Kier alpha value is -1.35. The molecule has 3 heteroatoms. The average molecular weight is 274 g/mol. The molecule has 0 aromatic heterocycles. The van der Waals surface area contributed by atoms with Gasteiger partial charge in [0.15, 0.2) is 0 Å². The Morgan fingerprint density at radius 3 is 2.45 bits per heavy atom. The highest BCUT2D eigenvalue weighted by molar-refractivity contribution is 5.78. The normalized spacial score (nSPS) is 22.5. The first-order valence-corrected chi connectivity index (χ1v) is 7.79. The summed E-state index contributed by atoms with van der Waals surface area (Å²) in [7, 11) is 0. The molecule has 0 radical (unpaired) electrons. The number of carbonyl (C=O) groups excluding carboxylic acids is 1. The van der Waals surface area contributed by atoms with Gasteiger partial charge < -0.3 is 10.6 Å². The third-order valence-corrected chi connectivity index (χ3v) is 4.33. The van der Waals surface area contributed by atoms with Crippen molar-refractivity contribution < 1.29 is 4.79 Å². The lowest BCUT2D eigenvalue weighted by atomic mass is 9.85. The molecule has 1 saturated carbocycles. The number of hydrogen-bond acceptors (Lipinski definition) is 2. The van der Waals surface area contributed by atoms with E-state index in [4.69, 9.17) is 5.73 Å². The Labute approximate surface area is 122 Å². The first-order chi connectivity index (χ1) is 9.70. The van der Waals surface area contributed by atoms with Crippen LogP contribution in [0, 0.1) is 5.92 Å². The van der Waals surface area contributed by atoms with Gasteiger partial charge >= 0.3 is 0 Å². The lowest BCUT2D eigenvalue weighted by Gasteiger charge is -2.30. The molecule has 0 aliphatic heterocycles. The quantitative estimate of drug-likeness (QED) is 0.897. The number of hydrogen-bond donors (Lipinski definition) is 1. The van der Waals surface area contributed by atoms with Gasteiger partial charge in [-0.15, -0.1) is 0 Å². The van der Waals surface area contributed by atoms with E-state index in [9.17, 15) is 4.79 Å². The fraction of sp³-hybridized carbons (Fsp3) is 0.588. The van der Waals surface area contributed by atoms with Crippen LogP contribution < -0.4 is 5.73 Å². The van der Waals surface area contributed by atoms with Gasteiger partial charge in [-0.2, -0.15) is 0 Å². The molecule has 0 spiro atoms. The third-order valence-electron chi connectivity index (χ3n) is 4.33. The minimum Gasteiger partial charge on any atom is -0.342 e. The SMILES string of the molecule is CCN(CCc1ccccc1)C(=O)C1CCC(N)CC1. The molecule has 0 heterocycles. The molecule has 1 aliphatic rings. The van der Waals surface area contributed by atoms with Gasteiger partial charge in [0.1, 0.15) is 0 Å². The van der Waals surface area contributed by atoms with Gasteiger partial charge in [-0.1, -0.05) is 30.3 Å². The monoisotopic (exact) mass is 274 g/mol. The summed E-state index contributed by atoms with van der Waals surface area (Å²) in [4.78, 5) is 14.6.